The molecule has 0 heterocycles. The summed E-state index contributed by atoms with van der Waals surface area (Å²) in [7, 11) is 0. The highest BCUT2D eigenvalue weighted by Gasteiger charge is 2.17. The van der Waals surface area contributed by atoms with Crippen molar-refractivity contribution in [2.24, 2.45) is 0 Å². The van der Waals surface area contributed by atoms with E-state index >= 15 is 0 Å². The van der Waals surface area contributed by atoms with Crippen LogP contribution in [0.2, 0.25) is 0 Å². The van der Waals surface area contributed by atoms with Crippen LogP contribution in [0.25, 0.3) is 0 Å². The van der Waals surface area contributed by atoms with Crippen LogP contribution < -0.4 is 4.74 Å². The molecule has 124 valence electrons. The van der Waals surface area contributed by atoms with Crippen molar-refractivity contribution < 1.29 is 4.74 Å². The molecular formula is C20H24Br2O. The van der Waals surface area contributed by atoms with Crippen molar-refractivity contribution in [2.75, 3.05) is 0 Å². The lowest BCUT2D eigenvalue weighted by Crippen LogP contribution is -2.11. The largest absolute Gasteiger partial charge is 0.457 e. The van der Waals surface area contributed by atoms with Crippen LogP contribution in [0.3, 0.4) is 0 Å². The zero-order chi connectivity index (χ0) is 17.4. The van der Waals surface area contributed by atoms with Crippen molar-refractivity contribution in [3.63, 3.8) is 0 Å². The highest BCUT2D eigenvalue weighted by molar-refractivity contribution is 9.10. The highest BCUT2D eigenvalue weighted by Crippen LogP contribution is 2.35. The smallest absolute Gasteiger partial charge is 0.128 e. The molecule has 0 amide bonds. The monoisotopic (exact) mass is 438 g/mol. The minimum Gasteiger partial charge on any atom is -0.457 e. The standard InChI is InChI=1S/C20H24Br2O/c1-19(2,3)13-7-15(21)11-17(9-13)23-18-10-14(20(4,5)6)8-16(22)12-18/h7-12H,1-6H3. The molecule has 0 fully saturated rings. The molecule has 3 heteroatoms. The van der Waals surface area contributed by atoms with E-state index in [1.807, 2.05) is 12.1 Å². The van der Waals surface area contributed by atoms with Gasteiger partial charge in [0.25, 0.3) is 0 Å². The van der Waals surface area contributed by atoms with Crippen LogP contribution in [0.4, 0.5) is 0 Å². The Labute approximate surface area is 156 Å². The van der Waals surface area contributed by atoms with Crippen molar-refractivity contribution in [3.8, 4) is 11.5 Å². The average molecular weight is 440 g/mol. The van der Waals surface area contributed by atoms with E-state index in [-0.39, 0.29) is 10.8 Å². The fraction of sp³-hybridized carbons (Fsp3) is 0.400. The molecule has 0 atom stereocenters. The average Bonchev–Trinajstić information content (AvgIpc) is 2.35. The predicted molar refractivity (Wildman–Crippen MR) is 106 cm³/mol. The van der Waals surface area contributed by atoms with Gasteiger partial charge in [-0.2, -0.15) is 0 Å². The maximum absolute atomic E-state index is 6.15. The molecule has 0 aromatic heterocycles. The molecule has 0 N–H and O–H groups in total. The molecule has 0 unspecified atom stereocenters. The van der Waals surface area contributed by atoms with E-state index in [1.54, 1.807) is 0 Å². The maximum Gasteiger partial charge on any atom is 0.128 e. The highest BCUT2D eigenvalue weighted by atomic mass is 79.9. The Morgan fingerprint density at radius 1 is 0.609 bits per heavy atom. The van der Waals surface area contributed by atoms with Gasteiger partial charge < -0.3 is 4.74 Å². The third-order valence-electron chi connectivity index (χ3n) is 3.71. The quantitative estimate of drug-likeness (QED) is 0.467. The van der Waals surface area contributed by atoms with Crippen molar-refractivity contribution in [1.29, 1.82) is 0 Å². The lowest BCUT2D eigenvalue weighted by Gasteiger charge is -2.22. The molecule has 0 radical (unpaired) electrons. The third-order valence-corrected chi connectivity index (χ3v) is 4.63. The molecule has 0 spiro atoms. The zero-order valence-electron chi connectivity index (χ0n) is 14.6. The summed E-state index contributed by atoms with van der Waals surface area (Å²) in [5, 5.41) is 0. The number of rotatable bonds is 2. The summed E-state index contributed by atoms with van der Waals surface area (Å²) < 4.78 is 8.22. The van der Waals surface area contributed by atoms with Crippen molar-refractivity contribution in [3.05, 3.63) is 56.5 Å². The van der Waals surface area contributed by atoms with Gasteiger partial charge in [-0.1, -0.05) is 73.4 Å². The Bertz CT molecular complexity index is 645. The van der Waals surface area contributed by atoms with Gasteiger partial charge in [0.15, 0.2) is 0 Å². The van der Waals surface area contributed by atoms with Crippen LogP contribution in [0.15, 0.2) is 45.3 Å². The van der Waals surface area contributed by atoms with Gasteiger partial charge in [-0.3, -0.25) is 0 Å². The molecule has 2 aromatic carbocycles. The van der Waals surface area contributed by atoms with E-state index < -0.39 is 0 Å². The zero-order valence-corrected chi connectivity index (χ0v) is 17.8. The Hall–Kier alpha value is -0.800. The van der Waals surface area contributed by atoms with Gasteiger partial charge in [-0.25, -0.2) is 0 Å². The molecule has 0 saturated carbocycles. The Morgan fingerprint density at radius 3 is 1.26 bits per heavy atom. The molecule has 0 saturated heterocycles. The molecule has 1 nitrogen and oxygen atoms in total. The number of hydrogen-bond donors (Lipinski definition) is 0. The summed E-state index contributed by atoms with van der Waals surface area (Å²) in [5.41, 5.74) is 2.65. The van der Waals surface area contributed by atoms with E-state index in [4.69, 9.17) is 4.74 Å². The van der Waals surface area contributed by atoms with Crippen LogP contribution >= 0.6 is 31.9 Å². The van der Waals surface area contributed by atoms with E-state index in [0.29, 0.717) is 0 Å². The maximum atomic E-state index is 6.15. The predicted octanol–water partition coefficient (Wildman–Crippen LogP) is 7.60. The summed E-state index contributed by atoms with van der Waals surface area (Å²) in [5.74, 6) is 1.70. The lowest BCUT2D eigenvalue weighted by molar-refractivity contribution is 0.474. The molecule has 0 aliphatic heterocycles. The summed E-state index contributed by atoms with van der Waals surface area (Å²) >= 11 is 7.18. The van der Waals surface area contributed by atoms with Gasteiger partial charge in [0, 0.05) is 8.95 Å². The minimum absolute atomic E-state index is 0.0791. The minimum atomic E-state index is 0.0791. The topological polar surface area (TPSA) is 9.23 Å². The van der Waals surface area contributed by atoms with Gasteiger partial charge in [-0.15, -0.1) is 0 Å². The molecule has 0 aliphatic rings. The van der Waals surface area contributed by atoms with Gasteiger partial charge in [-0.05, 0) is 58.4 Å². The Kier molecular flexibility index (Phi) is 5.32. The fourth-order valence-corrected chi connectivity index (χ4v) is 3.19. The van der Waals surface area contributed by atoms with Crippen molar-refractivity contribution >= 4 is 31.9 Å². The van der Waals surface area contributed by atoms with E-state index in [2.05, 4.69) is 97.7 Å². The second-order valence-corrected chi connectivity index (χ2v) is 9.78. The Morgan fingerprint density at radius 2 is 0.957 bits per heavy atom. The molecule has 0 bridgehead atoms. The number of benzene rings is 2. The summed E-state index contributed by atoms with van der Waals surface area (Å²) in [6.45, 7) is 13.2. The lowest BCUT2D eigenvalue weighted by atomic mass is 9.87. The first-order chi connectivity index (χ1) is 10.4. The molecular weight excluding hydrogens is 416 g/mol. The van der Waals surface area contributed by atoms with E-state index in [9.17, 15) is 0 Å². The first kappa shape index (κ1) is 18.5. The third kappa shape index (κ3) is 5.09. The van der Waals surface area contributed by atoms with Crippen molar-refractivity contribution in [2.45, 2.75) is 52.4 Å². The molecule has 0 aliphatic carbocycles. The van der Waals surface area contributed by atoms with Crippen LogP contribution in [0, 0.1) is 0 Å². The molecule has 2 aromatic rings. The van der Waals surface area contributed by atoms with E-state index in [0.717, 1.165) is 20.4 Å². The summed E-state index contributed by atoms with van der Waals surface area (Å²) in [4.78, 5) is 0. The van der Waals surface area contributed by atoms with Crippen molar-refractivity contribution in [1.82, 2.24) is 0 Å². The summed E-state index contributed by atoms with van der Waals surface area (Å²) in [6, 6.07) is 12.5. The number of hydrogen-bond acceptors (Lipinski definition) is 1. The Balaban J connectivity index is 2.40. The van der Waals surface area contributed by atoms with Crippen LogP contribution in [0.5, 0.6) is 11.5 Å². The number of ether oxygens (including phenoxy) is 1. The fourth-order valence-electron chi connectivity index (χ4n) is 2.25. The van der Waals surface area contributed by atoms with Gasteiger partial charge in [0.05, 0.1) is 0 Å². The molecule has 2 rings (SSSR count). The second-order valence-electron chi connectivity index (χ2n) is 7.95. The van der Waals surface area contributed by atoms with Gasteiger partial charge in [0.1, 0.15) is 11.5 Å². The van der Waals surface area contributed by atoms with Crippen LogP contribution in [0.1, 0.15) is 52.7 Å². The van der Waals surface area contributed by atoms with Crippen LogP contribution in [-0.2, 0) is 10.8 Å². The van der Waals surface area contributed by atoms with Gasteiger partial charge in [0.2, 0.25) is 0 Å². The van der Waals surface area contributed by atoms with E-state index in [1.165, 1.54) is 11.1 Å². The van der Waals surface area contributed by atoms with Crippen LogP contribution in [-0.4, -0.2) is 0 Å². The van der Waals surface area contributed by atoms with Gasteiger partial charge >= 0.3 is 0 Å². The molecule has 23 heavy (non-hydrogen) atoms. The first-order valence-corrected chi connectivity index (χ1v) is 9.34. The second kappa shape index (κ2) is 6.60. The summed E-state index contributed by atoms with van der Waals surface area (Å²) in [6.07, 6.45) is 0. The SMILES string of the molecule is CC(C)(C)c1cc(Br)cc(Oc2cc(Br)cc(C(C)(C)C)c2)c1. The first-order valence-electron chi connectivity index (χ1n) is 7.75. The number of halogens is 2. The normalized spacial score (nSPS) is 12.3.